The molecule has 6 nitrogen and oxygen atoms in total. The van der Waals surface area contributed by atoms with Crippen molar-refractivity contribution in [3.63, 3.8) is 0 Å². The molecule has 0 radical (unpaired) electrons. The van der Waals surface area contributed by atoms with Crippen LogP contribution in [0, 0.1) is 0 Å². The van der Waals surface area contributed by atoms with Crippen LogP contribution in [0.2, 0.25) is 0 Å². The third kappa shape index (κ3) is 4.61. The lowest BCUT2D eigenvalue weighted by Crippen LogP contribution is -2.33. The largest absolute Gasteiger partial charge is 0.352 e. The van der Waals surface area contributed by atoms with Gasteiger partial charge in [-0.05, 0) is 36.2 Å². The van der Waals surface area contributed by atoms with Crippen molar-refractivity contribution in [2.75, 3.05) is 6.54 Å². The molecular formula is C21H22N4O2. The molecule has 1 atom stereocenters. The minimum atomic E-state index is -0.548. The first-order valence-corrected chi connectivity index (χ1v) is 8.88. The van der Waals surface area contributed by atoms with E-state index in [4.69, 9.17) is 0 Å². The smallest absolute Gasteiger partial charge is 0.251 e. The molecule has 0 aliphatic carbocycles. The second-order valence-corrected chi connectivity index (χ2v) is 6.08. The fraction of sp³-hybridized carbons (Fsp3) is 0.190. The molecule has 3 rings (SSSR count). The lowest BCUT2D eigenvalue weighted by atomic mass is 10.1. The molecule has 2 N–H and O–H groups in total. The average Bonchev–Trinajstić information content (AvgIpc) is 3.22. The number of aromatic nitrogens is 2. The Morgan fingerprint density at radius 1 is 1.04 bits per heavy atom. The zero-order valence-electron chi connectivity index (χ0n) is 15.1. The summed E-state index contributed by atoms with van der Waals surface area (Å²) in [5, 5.41) is 9.96. The fourth-order valence-electron chi connectivity index (χ4n) is 2.86. The molecular weight excluding hydrogens is 340 g/mol. The maximum absolute atomic E-state index is 12.9. The third-order valence-electron chi connectivity index (χ3n) is 4.15. The predicted octanol–water partition coefficient (Wildman–Crippen LogP) is 2.54. The summed E-state index contributed by atoms with van der Waals surface area (Å²) < 4.78 is 1.63. The van der Waals surface area contributed by atoms with Crippen LogP contribution < -0.4 is 10.6 Å². The van der Waals surface area contributed by atoms with Crippen molar-refractivity contribution in [1.82, 2.24) is 20.4 Å². The molecule has 0 saturated heterocycles. The average molecular weight is 362 g/mol. The van der Waals surface area contributed by atoms with Gasteiger partial charge in [0.15, 0.2) is 6.04 Å². The van der Waals surface area contributed by atoms with Gasteiger partial charge in [-0.2, -0.15) is 5.10 Å². The highest BCUT2D eigenvalue weighted by Crippen LogP contribution is 2.18. The van der Waals surface area contributed by atoms with Crippen molar-refractivity contribution in [2.24, 2.45) is 0 Å². The molecule has 0 aliphatic heterocycles. The van der Waals surface area contributed by atoms with Crippen LogP contribution in [0.15, 0.2) is 73.1 Å². The molecule has 1 unspecified atom stereocenters. The number of amides is 2. The summed E-state index contributed by atoms with van der Waals surface area (Å²) in [5.41, 5.74) is 2.30. The van der Waals surface area contributed by atoms with Crippen molar-refractivity contribution >= 4 is 11.8 Å². The van der Waals surface area contributed by atoms with E-state index >= 15 is 0 Å². The second-order valence-electron chi connectivity index (χ2n) is 6.08. The highest BCUT2D eigenvalue weighted by molar-refractivity contribution is 5.94. The van der Waals surface area contributed by atoms with Gasteiger partial charge in [0, 0.05) is 31.0 Å². The normalized spacial score (nSPS) is 11.6. The molecule has 3 aromatic rings. The van der Waals surface area contributed by atoms with E-state index in [-0.39, 0.29) is 11.8 Å². The number of benzene rings is 2. The minimum Gasteiger partial charge on any atom is -0.352 e. The maximum Gasteiger partial charge on any atom is 0.251 e. The lowest BCUT2D eigenvalue weighted by molar-refractivity contribution is -0.123. The second kappa shape index (κ2) is 8.80. The Kier molecular flexibility index (Phi) is 5.99. The summed E-state index contributed by atoms with van der Waals surface area (Å²) in [6, 6.07) is 18.0. The minimum absolute atomic E-state index is 0.121. The van der Waals surface area contributed by atoms with E-state index in [1.165, 1.54) is 0 Å². The Bertz CT molecular complexity index is 892. The van der Waals surface area contributed by atoms with Crippen molar-refractivity contribution in [3.8, 4) is 0 Å². The Balaban J connectivity index is 1.74. The summed E-state index contributed by atoms with van der Waals surface area (Å²) in [5.74, 6) is -0.280. The third-order valence-corrected chi connectivity index (χ3v) is 4.15. The van der Waals surface area contributed by atoms with Gasteiger partial charge in [0.25, 0.3) is 5.91 Å². The molecule has 1 aromatic heterocycles. The molecule has 0 fully saturated rings. The first-order chi connectivity index (χ1) is 13.2. The van der Waals surface area contributed by atoms with E-state index < -0.39 is 6.04 Å². The summed E-state index contributed by atoms with van der Waals surface area (Å²) >= 11 is 0. The Labute approximate surface area is 158 Å². The van der Waals surface area contributed by atoms with Gasteiger partial charge >= 0.3 is 0 Å². The number of nitrogens with zero attached hydrogens (tertiary/aromatic N) is 2. The van der Waals surface area contributed by atoms with Gasteiger partial charge < -0.3 is 10.6 Å². The molecule has 6 heteroatoms. The molecule has 2 aromatic carbocycles. The van der Waals surface area contributed by atoms with Crippen molar-refractivity contribution in [1.29, 1.82) is 0 Å². The van der Waals surface area contributed by atoms with Crippen molar-refractivity contribution < 1.29 is 9.59 Å². The molecule has 0 spiro atoms. The van der Waals surface area contributed by atoms with Crippen LogP contribution >= 0.6 is 0 Å². The number of hydrogen-bond donors (Lipinski definition) is 2. The van der Waals surface area contributed by atoms with Gasteiger partial charge in [0.1, 0.15) is 0 Å². The first kappa shape index (κ1) is 18.4. The molecule has 27 heavy (non-hydrogen) atoms. The Morgan fingerprint density at radius 2 is 1.85 bits per heavy atom. The molecule has 0 bridgehead atoms. The van der Waals surface area contributed by atoms with E-state index in [0.717, 1.165) is 11.1 Å². The summed E-state index contributed by atoms with van der Waals surface area (Å²) in [6.07, 6.45) is 3.42. The van der Waals surface area contributed by atoms with E-state index in [9.17, 15) is 9.59 Å². The highest BCUT2D eigenvalue weighted by Gasteiger charge is 2.22. The van der Waals surface area contributed by atoms with Gasteiger partial charge in [-0.15, -0.1) is 0 Å². The number of hydrogen-bond acceptors (Lipinski definition) is 3. The van der Waals surface area contributed by atoms with Crippen LogP contribution in [0.1, 0.15) is 34.5 Å². The number of rotatable bonds is 7. The van der Waals surface area contributed by atoms with Gasteiger partial charge in [0.2, 0.25) is 5.91 Å². The summed E-state index contributed by atoms with van der Waals surface area (Å²) in [7, 11) is 0. The van der Waals surface area contributed by atoms with E-state index in [1.54, 1.807) is 35.3 Å². The fourth-order valence-corrected chi connectivity index (χ4v) is 2.86. The predicted molar refractivity (Wildman–Crippen MR) is 103 cm³/mol. The Hall–Kier alpha value is -3.41. The van der Waals surface area contributed by atoms with Crippen LogP contribution in [0.5, 0.6) is 0 Å². The molecule has 0 saturated carbocycles. The monoisotopic (exact) mass is 362 g/mol. The number of nitrogens with one attached hydrogen (secondary N) is 2. The zero-order chi connectivity index (χ0) is 19.1. The van der Waals surface area contributed by atoms with Gasteiger partial charge in [-0.1, -0.05) is 42.5 Å². The summed E-state index contributed by atoms with van der Waals surface area (Å²) in [4.78, 5) is 24.9. The molecule has 2 amide bonds. The molecule has 0 aliphatic rings. The van der Waals surface area contributed by atoms with E-state index in [0.29, 0.717) is 18.7 Å². The maximum atomic E-state index is 12.9. The van der Waals surface area contributed by atoms with Crippen molar-refractivity contribution in [3.05, 3.63) is 89.7 Å². The lowest BCUT2D eigenvalue weighted by Gasteiger charge is -2.18. The van der Waals surface area contributed by atoms with Crippen LogP contribution in [-0.2, 0) is 11.3 Å². The van der Waals surface area contributed by atoms with E-state index in [1.807, 2.05) is 49.4 Å². The highest BCUT2D eigenvalue weighted by atomic mass is 16.2. The van der Waals surface area contributed by atoms with Gasteiger partial charge in [-0.3, -0.25) is 14.3 Å². The van der Waals surface area contributed by atoms with Gasteiger partial charge in [-0.25, -0.2) is 0 Å². The Morgan fingerprint density at radius 3 is 2.56 bits per heavy atom. The zero-order valence-corrected chi connectivity index (χ0v) is 15.1. The van der Waals surface area contributed by atoms with Crippen LogP contribution in [0.4, 0.5) is 0 Å². The standard InChI is InChI=1S/C21H22N4O2/c1-2-22-20(26)18-11-6-8-16(14-18)15-23-21(27)19(25-13-7-12-24-25)17-9-4-3-5-10-17/h3-14,19H,2,15H2,1H3,(H,22,26)(H,23,27). The van der Waals surface area contributed by atoms with E-state index in [2.05, 4.69) is 15.7 Å². The molecule has 1 heterocycles. The van der Waals surface area contributed by atoms with Crippen molar-refractivity contribution in [2.45, 2.75) is 19.5 Å². The van der Waals surface area contributed by atoms with Crippen LogP contribution in [0.3, 0.4) is 0 Å². The van der Waals surface area contributed by atoms with Crippen LogP contribution in [-0.4, -0.2) is 28.1 Å². The van der Waals surface area contributed by atoms with Crippen LogP contribution in [0.25, 0.3) is 0 Å². The SMILES string of the molecule is CCNC(=O)c1cccc(CNC(=O)C(c2ccccc2)n2cccn2)c1. The first-order valence-electron chi connectivity index (χ1n) is 8.88. The number of carbonyl (C=O) groups is 2. The summed E-state index contributed by atoms with van der Waals surface area (Å²) in [6.45, 7) is 2.78. The van der Waals surface area contributed by atoms with Gasteiger partial charge in [0.05, 0.1) is 0 Å². The number of carbonyl (C=O) groups excluding carboxylic acids is 2. The topological polar surface area (TPSA) is 76.0 Å². The quantitative estimate of drug-likeness (QED) is 0.678. The molecule has 138 valence electrons.